The van der Waals surface area contributed by atoms with Gasteiger partial charge in [-0.1, -0.05) is 0 Å². The van der Waals surface area contributed by atoms with Crippen molar-refractivity contribution in [2.24, 2.45) is 0 Å². The number of carbonyl (C=O) groups is 3. The number of anilines is 1. The SMILES string of the molecule is CCN(CC)C(=O)Nc1ncc(-c2cncc(C(=O)OC)c2)c(-c2nc(C(F)(F)F)cs2)c1C(=O)OC. The molecule has 0 atom stereocenters. The summed E-state index contributed by atoms with van der Waals surface area (Å²) in [5, 5.41) is 3.15. The highest BCUT2D eigenvalue weighted by atomic mass is 32.1. The Bertz CT molecular complexity index is 1320. The maximum atomic E-state index is 13.4. The number of halogens is 3. The molecule has 196 valence electrons. The average Bonchev–Trinajstić information content (AvgIpc) is 3.39. The fourth-order valence-electron chi connectivity index (χ4n) is 3.37. The number of aromatic nitrogens is 3. The number of urea groups is 1. The number of rotatable bonds is 7. The monoisotopic (exact) mass is 537 g/mol. The molecule has 1 N–H and O–H groups in total. The summed E-state index contributed by atoms with van der Waals surface area (Å²) in [5.41, 5.74) is -1.14. The largest absolute Gasteiger partial charge is 0.465 e. The molecule has 0 saturated carbocycles. The van der Waals surface area contributed by atoms with Gasteiger partial charge in [-0.2, -0.15) is 13.2 Å². The standard InChI is InChI=1S/C23H22F3N5O5S/c1-5-31(6-2)22(34)30-18-17(21(33)36-4)16(19-29-15(11-37-19)23(24,25)26)14(10-28-18)12-7-13(9-27-8-12)20(32)35-3/h7-11H,5-6H2,1-4H3,(H,28,30,34). The molecule has 0 bridgehead atoms. The van der Waals surface area contributed by atoms with Gasteiger partial charge in [0.1, 0.15) is 16.4 Å². The average molecular weight is 538 g/mol. The lowest BCUT2D eigenvalue weighted by atomic mass is 9.97. The number of carbonyl (C=O) groups excluding carboxylic acids is 3. The highest BCUT2D eigenvalue weighted by Gasteiger charge is 2.35. The number of alkyl halides is 3. The molecule has 0 aliphatic heterocycles. The topological polar surface area (TPSA) is 124 Å². The van der Waals surface area contributed by atoms with Gasteiger partial charge in [0.25, 0.3) is 0 Å². The Morgan fingerprint density at radius 1 is 1.05 bits per heavy atom. The molecule has 0 aliphatic carbocycles. The summed E-state index contributed by atoms with van der Waals surface area (Å²) in [6.45, 7) is 4.21. The Hall–Kier alpha value is -4.07. The lowest BCUT2D eigenvalue weighted by Crippen LogP contribution is -2.35. The Labute approximate surface area is 213 Å². The number of hydrogen-bond donors (Lipinski definition) is 1. The van der Waals surface area contributed by atoms with Crippen LogP contribution in [0.25, 0.3) is 21.7 Å². The summed E-state index contributed by atoms with van der Waals surface area (Å²) in [6.07, 6.45) is -0.917. The van der Waals surface area contributed by atoms with Crippen molar-refractivity contribution in [1.82, 2.24) is 19.9 Å². The fourth-order valence-corrected chi connectivity index (χ4v) is 4.27. The summed E-state index contributed by atoms with van der Waals surface area (Å²) in [4.78, 5) is 51.1. The van der Waals surface area contributed by atoms with Crippen molar-refractivity contribution >= 4 is 35.1 Å². The molecule has 0 spiro atoms. The molecule has 14 heteroatoms. The van der Waals surface area contributed by atoms with E-state index in [-0.39, 0.29) is 38.6 Å². The summed E-state index contributed by atoms with van der Waals surface area (Å²) in [6, 6.07) is 0.804. The van der Waals surface area contributed by atoms with Gasteiger partial charge >= 0.3 is 24.1 Å². The summed E-state index contributed by atoms with van der Waals surface area (Å²) >= 11 is 0.636. The van der Waals surface area contributed by atoms with E-state index in [9.17, 15) is 27.6 Å². The molecular weight excluding hydrogens is 515 g/mol. The van der Waals surface area contributed by atoms with Crippen molar-refractivity contribution in [3.05, 3.63) is 46.9 Å². The molecular formula is C23H22F3N5O5S. The molecule has 0 aromatic carbocycles. The first-order valence-corrected chi connectivity index (χ1v) is 11.7. The smallest absolute Gasteiger partial charge is 0.434 e. The second-order valence-electron chi connectivity index (χ2n) is 7.35. The van der Waals surface area contributed by atoms with Crippen molar-refractivity contribution in [2.75, 3.05) is 32.6 Å². The summed E-state index contributed by atoms with van der Waals surface area (Å²) in [7, 11) is 2.26. The zero-order valence-corrected chi connectivity index (χ0v) is 21.0. The Morgan fingerprint density at radius 3 is 2.30 bits per heavy atom. The molecule has 0 fully saturated rings. The van der Waals surface area contributed by atoms with Crippen LogP contribution in [0.15, 0.2) is 30.0 Å². The van der Waals surface area contributed by atoms with E-state index >= 15 is 0 Å². The van der Waals surface area contributed by atoms with Crippen LogP contribution in [0.2, 0.25) is 0 Å². The zero-order chi connectivity index (χ0) is 27.3. The number of nitrogens with one attached hydrogen (secondary N) is 1. The molecule has 37 heavy (non-hydrogen) atoms. The third-order valence-electron chi connectivity index (χ3n) is 5.22. The number of hydrogen-bond acceptors (Lipinski definition) is 9. The van der Waals surface area contributed by atoms with Crippen LogP contribution in [0, 0.1) is 0 Å². The quantitative estimate of drug-likeness (QED) is 0.429. The molecule has 0 unspecified atom stereocenters. The molecule has 0 aliphatic rings. The summed E-state index contributed by atoms with van der Waals surface area (Å²) < 4.78 is 49.8. The van der Waals surface area contributed by atoms with Crippen LogP contribution < -0.4 is 5.32 Å². The number of esters is 2. The normalized spacial score (nSPS) is 11.1. The predicted molar refractivity (Wildman–Crippen MR) is 128 cm³/mol. The van der Waals surface area contributed by atoms with Crippen LogP contribution in [0.1, 0.15) is 40.3 Å². The molecule has 3 heterocycles. The minimum atomic E-state index is -4.74. The highest BCUT2D eigenvalue weighted by molar-refractivity contribution is 7.13. The van der Waals surface area contributed by atoms with Crippen LogP contribution in [0.3, 0.4) is 0 Å². The van der Waals surface area contributed by atoms with Gasteiger partial charge in [-0.05, 0) is 19.9 Å². The van der Waals surface area contributed by atoms with E-state index in [1.807, 2.05) is 0 Å². The van der Waals surface area contributed by atoms with E-state index in [0.717, 1.165) is 12.5 Å². The second kappa shape index (κ2) is 11.3. The minimum Gasteiger partial charge on any atom is -0.465 e. The fraction of sp³-hybridized carbons (Fsp3) is 0.304. The highest BCUT2D eigenvalue weighted by Crippen LogP contribution is 2.41. The van der Waals surface area contributed by atoms with E-state index < -0.39 is 29.8 Å². The molecule has 2 amide bonds. The Morgan fingerprint density at radius 2 is 1.73 bits per heavy atom. The van der Waals surface area contributed by atoms with Gasteiger partial charge < -0.3 is 14.4 Å². The van der Waals surface area contributed by atoms with Gasteiger partial charge in [-0.25, -0.2) is 24.4 Å². The van der Waals surface area contributed by atoms with Crippen molar-refractivity contribution in [3.8, 4) is 21.7 Å². The number of nitrogens with zero attached hydrogens (tertiary/aromatic N) is 4. The number of pyridine rings is 2. The van der Waals surface area contributed by atoms with Crippen molar-refractivity contribution in [3.63, 3.8) is 0 Å². The van der Waals surface area contributed by atoms with Gasteiger partial charge in [-0.15, -0.1) is 11.3 Å². The summed E-state index contributed by atoms with van der Waals surface area (Å²) in [5.74, 6) is -1.91. The van der Waals surface area contributed by atoms with E-state index in [1.54, 1.807) is 13.8 Å². The van der Waals surface area contributed by atoms with Crippen molar-refractivity contribution in [1.29, 1.82) is 0 Å². The second-order valence-corrected chi connectivity index (χ2v) is 8.21. The third-order valence-corrected chi connectivity index (χ3v) is 6.08. The van der Waals surface area contributed by atoms with Crippen LogP contribution in [0.4, 0.5) is 23.8 Å². The number of methoxy groups -OCH3 is 2. The van der Waals surface area contributed by atoms with Gasteiger partial charge in [0.05, 0.1) is 19.8 Å². The Balaban J connectivity index is 2.33. The lowest BCUT2D eigenvalue weighted by Gasteiger charge is -2.21. The minimum absolute atomic E-state index is 0.0552. The van der Waals surface area contributed by atoms with E-state index in [0.29, 0.717) is 24.4 Å². The van der Waals surface area contributed by atoms with E-state index in [1.165, 1.54) is 36.7 Å². The van der Waals surface area contributed by atoms with Gasteiger partial charge in [0, 0.05) is 53.8 Å². The van der Waals surface area contributed by atoms with E-state index in [2.05, 4.69) is 20.3 Å². The maximum absolute atomic E-state index is 13.4. The van der Waals surface area contributed by atoms with Crippen molar-refractivity contribution in [2.45, 2.75) is 20.0 Å². The number of thiazole rings is 1. The molecule has 10 nitrogen and oxygen atoms in total. The first-order chi connectivity index (χ1) is 17.5. The van der Waals surface area contributed by atoms with Crippen molar-refractivity contribution < 1.29 is 37.0 Å². The number of amides is 2. The first-order valence-electron chi connectivity index (χ1n) is 10.8. The van der Waals surface area contributed by atoms with Crippen LogP contribution in [-0.4, -0.2) is 65.1 Å². The number of ether oxygens (including phenoxy) is 2. The van der Waals surface area contributed by atoms with Gasteiger partial charge in [0.2, 0.25) is 0 Å². The van der Waals surface area contributed by atoms with Crippen LogP contribution in [0.5, 0.6) is 0 Å². The molecule has 0 saturated heterocycles. The predicted octanol–water partition coefficient (Wildman–Crippen LogP) is 4.73. The van der Waals surface area contributed by atoms with E-state index in [4.69, 9.17) is 9.47 Å². The van der Waals surface area contributed by atoms with Crippen LogP contribution >= 0.6 is 11.3 Å². The molecule has 0 radical (unpaired) electrons. The van der Waals surface area contributed by atoms with Gasteiger partial charge in [0.15, 0.2) is 5.69 Å². The van der Waals surface area contributed by atoms with Crippen LogP contribution in [-0.2, 0) is 15.7 Å². The zero-order valence-electron chi connectivity index (χ0n) is 20.2. The molecule has 3 rings (SSSR count). The lowest BCUT2D eigenvalue weighted by molar-refractivity contribution is -0.140. The third kappa shape index (κ3) is 5.85. The Kier molecular flexibility index (Phi) is 8.42. The molecule has 3 aromatic heterocycles. The first kappa shape index (κ1) is 27.5. The van der Waals surface area contributed by atoms with Gasteiger partial charge in [-0.3, -0.25) is 10.3 Å². The maximum Gasteiger partial charge on any atom is 0.434 e. The molecule has 3 aromatic rings.